The minimum atomic E-state index is -0.569. The van der Waals surface area contributed by atoms with Gasteiger partial charge < -0.3 is 14.6 Å². The second-order valence-electron chi connectivity index (χ2n) is 2.37. The number of phenols is 1. The van der Waals surface area contributed by atoms with Gasteiger partial charge in [0.05, 0.1) is 14.2 Å². The van der Waals surface area contributed by atoms with Crippen molar-refractivity contribution in [3.63, 3.8) is 0 Å². The van der Waals surface area contributed by atoms with Crippen LogP contribution in [0.15, 0.2) is 18.2 Å². The zero-order valence-corrected chi connectivity index (χ0v) is 7.40. The van der Waals surface area contributed by atoms with E-state index in [1.54, 1.807) is 6.07 Å². The van der Waals surface area contributed by atoms with E-state index >= 15 is 0 Å². The first kappa shape index (κ1) is 12.3. The minimum absolute atomic E-state index is 0. The Morgan fingerprint density at radius 3 is 2.43 bits per heavy atom. The summed E-state index contributed by atoms with van der Waals surface area (Å²) in [5, 5.41) is 9.34. The average molecular weight is 198 g/mol. The van der Waals surface area contributed by atoms with Crippen LogP contribution in [0.25, 0.3) is 0 Å². The van der Waals surface area contributed by atoms with E-state index in [4.69, 9.17) is 4.74 Å². The lowest BCUT2D eigenvalue weighted by Gasteiger charge is -2.04. The quantitative estimate of drug-likeness (QED) is 0.736. The summed E-state index contributed by atoms with van der Waals surface area (Å²) < 4.78 is 9.30. The standard InChI is InChI=1S/C9H10O4.CH4/c1-12-6-3-4-7(8(10)5-6)9(11)13-2;/h3-5,10H,1-2H3;1H4. The van der Waals surface area contributed by atoms with E-state index in [1.807, 2.05) is 0 Å². The molecule has 14 heavy (non-hydrogen) atoms. The van der Waals surface area contributed by atoms with Gasteiger partial charge in [0.2, 0.25) is 0 Å². The maximum Gasteiger partial charge on any atom is 0.341 e. The van der Waals surface area contributed by atoms with E-state index < -0.39 is 5.97 Å². The lowest BCUT2D eigenvalue weighted by molar-refractivity contribution is 0.0597. The van der Waals surface area contributed by atoms with Gasteiger partial charge in [-0.15, -0.1) is 0 Å². The van der Waals surface area contributed by atoms with Gasteiger partial charge in [0.15, 0.2) is 0 Å². The van der Waals surface area contributed by atoms with Crippen molar-refractivity contribution in [2.45, 2.75) is 7.43 Å². The van der Waals surface area contributed by atoms with Gasteiger partial charge in [-0.2, -0.15) is 0 Å². The molecule has 0 aliphatic rings. The maximum atomic E-state index is 11.0. The van der Waals surface area contributed by atoms with Gasteiger partial charge in [0.25, 0.3) is 0 Å². The van der Waals surface area contributed by atoms with Gasteiger partial charge in [-0.25, -0.2) is 4.79 Å². The molecule has 0 amide bonds. The van der Waals surface area contributed by atoms with Crippen molar-refractivity contribution in [3.05, 3.63) is 23.8 Å². The van der Waals surface area contributed by atoms with Gasteiger partial charge in [-0.3, -0.25) is 0 Å². The summed E-state index contributed by atoms with van der Waals surface area (Å²) in [5.74, 6) is -0.225. The second-order valence-corrected chi connectivity index (χ2v) is 2.37. The fourth-order valence-corrected chi connectivity index (χ4v) is 0.921. The zero-order valence-electron chi connectivity index (χ0n) is 7.40. The number of aromatic hydroxyl groups is 1. The van der Waals surface area contributed by atoms with Gasteiger partial charge in [-0.05, 0) is 12.1 Å². The molecule has 78 valence electrons. The molecule has 1 N–H and O–H groups in total. The summed E-state index contributed by atoms with van der Waals surface area (Å²) in [4.78, 5) is 11.0. The van der Waals surface area contributed by atoms with Crippen molar-refractivity contribution in [1.82, 2.24) is 0 Å². The number of carbonyl (C=O) groups excluding carboxylic acids is 1. The first-order chi connectivity index (χ1) is 6.19. The molecule has 0 heterocycles. The summed E-state index contributed by atoms with van der Waals surface area (Å²) in [7, 11) is 2.73. The predicted molar refractivity (Wildman–Crippen MR) is 52.7 cm³/mol. The Balaban J connectivity index is 0.00000169. The van der Waals surface area contributed by atoms with Crippen LogP contribution in [-0.4, -0.2) is 25.3 Å². The third-order valence-corrected chi connectivity index (χ3v) is 1.61. The van der Waals surface area contributed by atoms with Crippen LogP contribution in [-0.2, 0) is 4.74 Å². The average Bonchev–Trinajstić information content (AvgIpc) is 2.16. The molecule has 0 fully saturated rings. The molecule has 0 spiro atoms. The van der Waals surface area contributed by atoms with Crippen molar-refractivity contribution < 1.29 is 19.4 Å². The lowest BCUT2D eigenvalue weighted by atomic mass is 10.2. The molecule has 0 unspecified atom stereocenters. The van der Waals surface area contributed by atoms with Crippen LogP contribution >= 0.6 is 0 Å². The molecule has 1 aromatic carbocycles. The molecule has 0 bridgehead atoms. The van der Waals surface area contributed by atoms with Crippen molar-refractivity contribution in [2.75, 3.05) is 14.2 Å². The second kappa shape index (κ2) is 5.11. The summed E-state index contributed by atoms with van der Waals surface area (Å²) in [6.45, 7) is 0. The fourth-order valence-electron chi connectivity index (χ4n) is 0.921. The maximum absolute atomic E-state index is 11.0. The Kier molecular flexibility index (Phi) is 4.49. The molecule has 0 atom stereocenters. The number of carbonyl (C=O) groups is 1. The van der Waals surface area contributed by atoms with Crippen LogP contribution < -0.4 is 4.74 Å². The minimum Gasteiger partial charge on any atom is -0.507 e. The van der Waals surface area contributed by atoms with E-state index in [0.29, 0.717) is 5.75 Å². The first-order valence-corrected chi connectivity index (χ1v) is 3.64. The van der Waals surface area contributed by atoms with E-state index in [9.17, 15) is 9.90 Å². The highest BCUT2D eigenvalue weighted by Crippen LogP contribution is 2.23. The van der Waals surface area contributed by atoms with E-state index in [2.05, 4.69) is 4.74 Å². The van der Waals surface area contributed by atoms with Gasteiger partial charge in [0.1, 0.15) is 17.1 Å². The Morgan fingerprint density at radius 2 is 2.00 bits per heavy atom. The molecular formula is C10H14O4. The Morgan fingerprint density at radius 1 is 1.36 bits per heavy atom. The summed E-state index contributed by atoms with van der Waals surface area (Å²) in [5.41, 5.74) is 0.128. The Labute approximate surface area is 83.1 Å². The molecule has 0 radical (unpaired) electrons. The van der Waals surface area contributed by atoms with Gasteiger partial charge in [-0.1, -0.05) is 7.43 Å². The van der Waals surface area contributed by atoms with Crippen molar-refractivity contribution in [1.29, 1.82) is 0 Å². The molecule has 1 aromatic rings. The number of hydrogen-bond acceptors (Lipinski definition) is 4. The number of ether oxygens (including phenoxy) is 2. The predicted octanol–water partition coefficient (Wildman–Crippen LogP) is 1.82. The van der Waals surface area contributed by atoms with E-state index in [0.717, 1.165) is 0 Å². The molecule has 0 aromatic heterocycles. The summed E-state index contributed by atoms with van der Waals surface area (Å²) in [6, 6.07) is 4.37. The molecular weight excluding hydrogens is 184 g/mol. The molecule has 0 aliphatic carbocycles. The first-order valence-electron chi connectivity index (χ1n) is 3.64. The van der Waals surface area contributed by atoms with Crippen molar-refractivity contribution >= 4 is 5.97 Å². The lowest BCUT2D eigenvalue weighted by Crippen LogP contribution is -2.01. The van der Waals surface area contributed by atoms with Crippen LogP contribution in [0.1, 0.15) is 17.8 Å². The SMILES string of the molecule is C.COC(=O)c1ccc(OC)cc1O. The van der Waals surface area contributed by atoms with Gasteiger partial charge in [0, 0.05) is 6.07 Å². The van der Waals surface area contributed by atoms with Crippen LogP contribution in [0.5, 0.6) is 11.5 Å². The molecule has 4 heteroatoms. The highest BCUT2D eigenvalue weighted by molar-refractivity contribution is 5.92. The largest absolute Gasteiger partial charge is 0.507 e. The van der Waals surface area contributed by atoms with E-state index in [-0.39, 0.29) is 18.7 Å². The molecule has 0 saturated carbocycles. The van der Waals surface area contributed by atoms with Gasteiger partial charge >= 0.3 is 5.97 Å². The van der Waals surface area contributed by atoms with Crippen LogP contribution in [0.2, 0.25) is 0 Å². The molecule has 4 nitrogen and oxygen atoms in total. The third kappa shape index (κ3) is 2.39. The highest BCUT2D eigenvalue weighted by atomic mass is 16.5. The smallest absolute Gasteiger partial charge is 0.341 e. The topological polar surface area (TPSA) is 55.8 Å². The molecule has 0 saturated heterocycles. The Hall–Kier alpha value is -1.71. The normalized spacial score (nSPS) is 8.71. The van der Waals surface area contributed by atoms with Crippen molar-refractivity contribution in [2.24, 2.45) is 0 Å². The number of rotatable bonds is 2. The fraction of sp³-hybridized carbons (Fsp3) is 0.300. The molecule has 1 rings (SSSR count). The number of methoxy groups -OCH3 is 2. The van der Waals surface area contributed by atoms with Crippen LogP contribution in [0, 0.1) is 0 Å². The Bertz CT molecular complexity index is 320. The zero-order chi connectivity index (χ0) is 9.84. The van der Waals surface area contributed by atoms with Crippen LogP contribution in [0.4, 0.5) is 0 Å². The summed E-state index contributed by atoms with van der Waals surface area (Å²) in [6.07, 6.45) is 0. The number of hydrogen-bond donors (Lipinski definition) is 1. The van der Waals surface area contributed by atoms with Crippen LogP contribution in [0.3, 0.4) is 0 Å². The van der Waals surface area contributed by atoms with Crippen molar-refractivity contribution in [3.8, 4) is 11.5 Å². The van der Waals surface area contributed by atoms with E-state index in [1.165, 1.54) is 26.4 Å². The molecule has 0 aliphatic heterocycles. The third-order valence-electron chi connectivity index (χ3n) is 1.61. The number of phenolic OH excluding ortho intramolecular Hbond substituents is 1. The number of benzene rings is 1. The highest BCUT2D eigenvalue weighted by Gasteiger charge is 2.11. The monoisotopic (exact) mass is 198 g/mol. The summed E-state index contributed by atoms with van der Waals surface area (Å²) >= 11 is 0. The number of esters is 1.